The molecule has 1 aliphatic heterocycles. The van der Waals surface area contributed by atoms with E-state index in [4.69, 9.17) is 0 Å². The van der Waals surface area contributed by atoms with Gasteiger partial charge in [-0.3, -0.25) is 4.98 Å². The van der Waals surface area contributed by atoms with Crippen molar-refractivity contribution in [2.24, 2.45) is 0 Å². The van der Waals surface area contributed by atoms with Crippen LogP contribution in [0.15, 0.2) is 24.5 Å². The molecule has 78 valence electrons. The van der Waals surface area contributed by atoms with Gasteiger partial charge in [0, 0.05) is 31.5 Å². The summed E-state index contributed by atoms with van der Waals surface area (Å²) in [6.07, 6.45) is 4.95. The molecule has 3 nitrogen and oxygen atoms in total. The lowest BCUT2D eigenvalue weighted by atomic mass is 10.2. The molecule has 0 unspecified atom stereocenters. The van der Waals surface area contributed by atoms with Crippen molar-refractivity contribution in [1.82, 2.24) is 15.6 Å². The number of nitrogens with zero attached hydrogens (tertiary/aromatic N) is 1. The number of nitrogens with one attached hydrogen (secondary N) is 2. The highest BCUT2D eigenvalue weighted by Gasteiger charge is 2.12. The lowest BCUT2D eigenvalue weighted by molar-refractivity contribution is 0.547. The topological polar surface area (TPSA) is 37.0 Å². The molecule has 0 spiro atoms. The van der Waals surface area contributed by atoms with E-state index in [1.54, 1.807) is 6.20 Å². The fraction of sp³-hybridized carbons (Fsp3) is 0.500. The molecule has 1 aliphatic rings. The van der Waals surface area contributed by atoms with Crippen LogP contribution < -0.4 is 10.6 Å². The Balaban J connectivity index is 0.000000980. The van der Waals surface area contributed by atoms with E-state index in [1.165, 1.54) is 12.0 Å². The average Bonchev–Trinajstić information content (AvgIpc) is 2.69. The number of rotatable bonds is 3. The average molecular weight is 214 g/mol. The fourth-order valence-electron chi connectivity index (χ4n) is 1.59. The smallest absolute Gasteiger partial charge is 0.0312 e. The molecular formula is C10H16ClN3. The Morgan fingerprint density at radius 3 is 3.14 bits per heavy atom. The van der Waals surface area contributed by atoms with Gasteiger partial charge in [-0.05, 0) is 24.6 Å². The van der Waals surface area contributed by atoms with Gasteiger partial charge in [-0.2, -0.15) is 0 Å². The van der Waals surface area contributed by atoms with Gasteiger partial charge in [-0.25, -0.2) is 0 Å². The molecule has 0 amide bonds. The summed E-state index contributed by atoms with van der Waals surface area (Å²) in [5.41, 5.74) is 1.26. The van der Waals surface area contributed by atoms with Crippen molar-refractivity contribution in [3.63, 3.8) is 0 Å². The van der Waals surface area contributed by atoms with Crippen molar-refractivity contribution in [2.75, 3.05) is 13.1 Å². The zero-order valence-corrected chi connectivity index (χ0v) is 8.89. The highest BCUT2D eigenvalue weighted by Crippen LogP contribution is 2.00. The number of aromatic nitrogens is 1. The zero-order chi connectivity index (χ0) is 8.93. The predicted octanol–water partition coefficient (Wildman–Crippen LogP) is 0.955. The minimum atomic E-state index is 0. The first-order valence-corrected chi connectivity index (χ1v) is 4.78. The lowest BCUT2D eigenvalue weighted by Gasteiger charge is -2.10. The molecule has 4 heteroatoms. The molecule has 1 atom stereocenters. The van der Waals surface area contributed by atoms with Crippen LogP contribution in [0.25, 0.3) is 0 Å². The summed E-state index contributed by atoms with van der Waals surface area (Å²) in [5, 5.41) is 6.83. The first kappa shape index (κ1) is 11.4. The van der Waals surface area contributed by atoms with Gasteiger partial charge in [0.2, 0.25) is 0 Å². The minimum absolute atomic E-state index is 0. The molecule has 2 heterocycles. The third-order valence-corrected chi connectivity index (χ3v) is 2.38. The fourth-order valence-corrected chi connectivity index (χ4v) is 1.59. The zero-order valence-electron chi connectivity index (χ0n) is 8.07. The molecule has 1 aromatic rings. The molecular weight excluding hydrogens is 198 g/mol. The van der Waals surface area contributed by atoms with E-state index in [1.807, 2.05) is 12.3 Å². The molecule has 0 aromatic carbocycles. The van der Waals surface area contributed by atoms with Gasteiger partial charge in [-0.15, -0.1) is 12.4 Å². The molecule has 0 bridgehead atoms. The van der Waals surface area contributed by atoms with Crippen molar-refractivity contribution >= 4 is 12.4 Å². The maximum Gasteiger partial charge on any atom is 0.0312 e. The van der Waals surface area contributed by atoms with Gasteiger partial charge in [0.15, 0.2) is 0 Å². The van der Waals surface area contributed by atoms with Gasteiger partial charge in [0.1, 0.15) is 0 Å². The van der Waals surface area contributed by atoms with Crippen molar-refractivity contribution < 1.29 is 0 Å². The van der Waals surface area contributed by atoms with Crippen molar-refractivity contribution in [3.05, 3.63) is 30.1 Å². The summed E-state index contributed by atoms with van der Waals surface area (Å²) in [7, 11) is 0. The number of hydrogen-bond acceptors (Lipinski definition) is 3. The van der Waals surface area contributed by atoms with Crippen molar-refractivity contribution in [1.29, 1.82) is 0 Å². The van der Waals surface area contributed by atoms with Crippen LogP contribution in [0.1, 0.15) is 12.0 Å². The van der Waals surface area contributed by atoms with Gasteiger partial charge in [0.25, 0.3) is 0 Å². The number of hydrogen-bond donors (Lipinski definition) is 2. The van der Waals surface area contributed by atoms with E-state index in [0.29, 0.717) is 6.04 Å². The highest BCUT2D eigenvalue weighted by molar-refractivity contribution is 5.85. The normalized spacial score (nSPS) is 20.4. The molecule has 1 aromatic heterocycles. The molecule has 1 fully saturated rings. The summed E-state index contributed by atoms with van der Waals surface area (Å²) in [6.45, 7) is 3.17. The molecule has 14 heavy (non-hydrogen) atoms. The minimum Gasteiger partial charge on any atom is -0.315 e. The molecule has 2 rings (SSSR count). The van der Waals surface area contributed by atoms with Crippen LogP contribution >= 0.6 is 12.4 Å². The predicted molar refractivity (Wildman–Crippen MR) is 59.6 cm³/mol. The SMILES string of the molecule is Cl.c1cncc(CN[C@@H]2CCNC2)c1. The Hall–Kier alpha value is -0.640. The van der Waals surface area contributed by atoms with Gasteiger partial charge < -0.3 is 10.6 Å². The number of pyridine rings is 1. The lowest BCUT2D eigenvalue weighted by Crippen LogP contribution is -2.30. The summed E-state index contributed by atoms with van der Waals surface area (Å²) >= 11 is 0. The van der Waals surface area contributed by atoms with Crippen LogP contribution in [-0.2, 0) is 6.54 Å². The maximum absolute atomic E-state index is 4.07. The molecule has 0 aliphatic carbocycles. The van der Waals surface area contributed by atoms with Gasteiger partial charge >= 0.3 is 0 Å². The van der Waals surface area contributed by atoms with Crippen molar-refractivity contribution in [2.45, 2.75) is 19.0 Å². The van der Waals surface area contributed by atoms with E-state index in [-0.39, 0.29) is 12.4 Å². The molecule has 0 saturated carbocycles. The van der Waals surface area contributed by atoms with E-state index in [9.17, 15) is 0 Å². The van der Waals surface area contributed by atoms with Crippen LogP contribution in [0.4, 0.5) is 0 Å². The summed E-state index contributed by atoms with van der Waals surface area (Å²) < 4.78 is 0. The Bertz CT molecular complexity index is 247. The third kappa shape index (κ3) is 3.25. The summed E-state index contributed by atoms with van der Waals surface area (Å²) in [6, 6.07) is 4.71. The van der Waals surface area contributed by atoms with Crippen LogP contribution in [-0.4, -0.2) is 24.1 Å². The Labute approximate surface area is 90.7 Å². The van der Waals surface area contributed by atoms with E-state index in [2.05, 4.69) is 21.7 Å². The summed E-state index contributed by atoms with van der Waals surface area (Å²) in [5.74, 6) is 0. The highest BCUT2D eigenvalue weighted by atomic mass is 35.5. The van der Waals surface area contributed by atoms with E-state index in [0.717, 1.165) is 19.6 Å². The largest absolute Gasteiger partial charge is 0.315 e. The van der Waals surface area contributed by atoms with Crippen LogP contribution in [0, 0.1) is 0 Å². The van der Waals surface area contributed by atoms with E-state index < -0.39 is 0 Å². The van der Waals surface area contributed by atoms with Crippen LogP contribution in [0.2, 0.25) is 0 Å². The van der Waals surface area contributed by atoms with Gasteiger partial charge in [-0.1, -0.05) is 6.07 Å². The standard InChI is InChI=1S/C10H15N3.ClH/c1-2-9(6-11-4-1)7-13-10-3-5-12-8-10;/h1-2,4,6,10,12-13H,3,5,7-8H2;1H/t10-;/m1./s1. The second-order valence-corrected chi connectivity index (χ2v) is 3.43. The Kier molecular flexibility index (Phi) is 4.87. The first-order chi connectivity index (χ1) is 6.45. The molecule has 2 N–H and O–H groups in total. The Morgan fingerprint density at radius 1 is 1.57 bits per heavy atom. The van der Waals surface area contributed by atoms with E-state index >= 15 is 0 Å². The monoisotopic (exact) mass is 213 g/mol. The van der Waals surface area contributed by atoms with Crippen molar-refractivity contribution in [3.8, 4) is 0 Å². The second-order valence-electron chi connectivity index (χ2n) is 3.43. The molecule has 1 saturated heterocycles. The number of halogens is 1. The summed E-state index contributed by atoms with van der Waals surface area (Å²) in [4.78, 5) is 4.07. The van der Waals surface area contributed by atoms with Crippen LogP contribution in [0.3, 0.4) is 0 Å². The maximum atomic E-state index is 4.07. The third-order valence-electron chi connectivity index (χ3n) is 2.38. The second kappa shape index (κ2) is 5.96. The van der Waals surface area contributed by atoms with Gasteiger partial charge in [0.05, 0.1) is 0 Å². The first-order valence-electron chi connectivity index (χ1n) is 4.78. The Morgan fingerprint density at radius 2 is 2.50 bits per heavy atom. The quantitative estimate of drug-likeness (QED) is 0.786. The molecule has 0 radical (unpaired) electrons. The van der Waals surface area contributed by atoms with Crippen LogP contribution in [0.5, 0.6) is 0 Å².